The van der Waals surface area contributed by atoms with Crippen LogP contribution in [0, 0.1) is 8.99 Å². The molecule has 2 rings (SSSR count). The van der Waals surface area contributed by atoms with Gasteiger partial charge in [-0.2, -0.15) is 0 Å². The molecule has 100 valence electrons. The summed E-state index contributed by atoms with van der Waals surface area (Å²) in [6.45, 7) is 7.33. The van der Waals surface area contributed by atoms with E-state index in [1.54, 1.807) is 0 Å². The maximum Gasteiger partial charge on any atom is 0.0665 e. The van der Waals surface area contributed by atoms with Crippen molar-refractivity contribution in [2.45, 2.75) is 39.3 Å². The SMILES string of the molecule is CCOC1CC(Nc2ccc(I)cc2N)C1(C)C. The Kier molecular flexibility index (Phi) is 4.06. The summed E-state index contributed by atoms with van der Waals surface area (Å²) in [4.78, 5) is 0. The van der Waals surface area contributed by atoms with Crippen LogP contribution in [0.15, 0.2) is 18.2 Å². The van der Waals surface area contributed by atoms with Crippen molar-refractivity contribution >= 4 is 34.0 Å². The first-order chi connectivity index (χ1) is 8.45. The summed E-state index contributed by atoms with van der Waals surface area (Å²) in [5.74, 6) is 0. The van der Waals surface area contributed by atoms with Gasteiger partial charge in [-0.3, -0.25) is 0 Å². The average Bonchev–Trinajstić information content (AvgIpc) is 2.30. The highest BCUT2D eigenvalue weighted by atomic mass is 127. The minimum atomic E-state index is 0.158. The lowest BCUT2D eigenvalue weighted by Crippen LogP contribution is -2.58. The standard InChI is InChI=1S/C14H21IN2O/c1-4-18-13-8-12(14(13,2)3)17-11-6-5-9(15)7-10(11)16/h5-7,12-13,17H,4,8,16H2,1-3H3. The van der Waals surface area contributed by atoms with Gasteiger partial charge in [0, 0.05) is 21.6 Å². The topological polar surface area (TPSA) is 47.3 Å². The van der Waals surface area contributed by atoms with Crippen LogP contribution < -0.4 is 11.1 Å². The summed E-state index contributed by atoms with van der Waals surface area (Å²) < 4.78 is 6.90. The number of hydrogen-bond acceptors (Lipinski definition) is 3. The van der Waals surface area contributed by atoms with Crippen molar-refractivity contribution in [3.8, 4) is 0 Å². The van der Waals surface area contributed by atoms with Crippen LogP contribution in [0.3, 0.4) is 0 Å². The Morgan fingerprint density at radius 2 is 2.22 bits per heavy atom. The largest absolute Gasteiger partial charge is 0.397 e. The van der Waals surface area contributed by atoms with Gasteiger partial charge in [-0.1, -0.05) is 13.8 Å². The van der Waals surface area contributed by atoms with Crippen LogP contribution in [0.25, 0.3) is 0 Å². The van der Waals surface area contributed by atoms with E-state index in [0.29, 0.717) is 12.1 Å². The third kappa shape index (κ3) is 2.59. The highest BCUT2D eigenvalue weighted by Gasteiger charge is 2.48. The summed E-state index contributed by atoms with van der Waals surface area (Å²) >= 11 is 2.27. The predicted molar refractivity (Wildman–Crippen MR) is 84.8 cm³/mol. The van der Waals surface area contributed by atoms with Crippen molar-refractivity contribution in [2.75, 3.05) is 17.7 Å². The Balaban J connectivity index is 2.03. The maximum absolute atomic E-state index is 6.03. The number of rotatable bonds is 4. The smallest absolute Gasteiger partial charge is 0.0665 e. The van der Waals surface area contributed by atoms with Gasteiger partial charge in [0.1, 0.15) is 0 Å². The molecular weight excluding hydrogens is 339 g/mol. The second-order valence-corrected chi connectivity index (χ2v) is 6.68. The van der Waals surface area contributed by atoms with E-state index in [1.807, 2.05) is 13.0 Å². The molecule has 18 heavy (non-hydrogen) atoms. The van der Waals surface area contributed by atoms with Crippen LogP contribution >= 0.6 is 22.6 Å². The van der Waals surface area contributed by atoms with E-state index in [2.05, 4.69) is 53.9 Å². The molecule has 0 saturated heterocycles. The second kappa shape index (κ2) is 5.25. The molecule has 3 N–H and O–H groups in total. The molecule has 0 radical (unpaired) electrons. The molecule has 4 heteroatoms. The Labute approximate surface area is 123 Å². The summed E-state index contributed by atoms with van der Waals surface area (Å²) in [6.07, 6.45) is 1.40. The molecule has 0 aliphatic heterocycles. The lowest BCUT2D eigenvalue weighted by Gasteiger charge is -2.52. The molecule has 0 spiro atoms. The predicted octanol–water partition coefficient (Wildman–Crippen LogP) is 3.49. The van der Waals surface area contributed by atoms with Crippen LogP contribution in [0.5, 0.6) is 0 Å². The number of nitrogens with one attached hydrogen (secondary N) is 1. The highest BCUT2D eigenvalue weighted by molar-refractivity contribution is 14.1. The summed E-state index contributed by atoms with van der Waals surface area (Å²) in [5, 5.41) is 3.54. The third-order valence-corrected chi connectivity index (χ3v) is 4.56. The monoisotopic (exact) mass is 360 g/mol. The average molecular weight is 360 g/mol. The highest BCUT2D eigenvalue weighted by Crippen LogP contribution is 2.44. The molecule has 0 amide bonds. The van der Waals surface area contributed by atoms with Gasteiger partial charge in [0.05, 0.1) is 17.5 Å². The van der Waals surface area contributed by atoms with Gasteiger partial charge in [0.2, 0.25) is 0 Å². The minimum Gasteiger partial charge on any atom is -0.397 e. The molecule has 1 fully saturated rings. The normalized spacial score (nSPS) is 25.6. The Hall–Kier alpha value is -0.490. The van der Waals surface area contributed by atoms with Crippen molar-refractivity contribution in [3.05, 3.63) is 21.8 Å². The fourth-order valence-corrected chi connectivity index (χ4v) is 2.98. The van der Waals surface area contributed by atoms with Crippen molar-refractivity contribution in [1.82, 2.24) is 0 Å². The van der Waals surface area contributed by atoms with Gasteiger partial charge >= 0.3 is 0 Å². The lowest BCUT2D eigenvalue weighted by molar-refractivity contribution is -0.0975. The van der Waals surface area contributed by atoms with Gasteiger partial charge in [-0.15, -0.1) is 0 Å². The minimum absolute atomic E-state index is 0.158. The molecule has 1 aromatic carbocycles. The van der Waals surface area contributed by atoms with E-state index in [0.717, 1.165) is 28.0 Å². The van der Waals surface area contributed by atoms with Crippen LogP contribution in [0.4, 0.5) is 11.4 Å². The van der Waals surface area contributed by atoms with Gasteiger partial charge in [0.15, 0.2) is 0 Å². The van der Waals surface area contributed by atoms with Crippen molar-refractivity contribution in [3.63, 3.8) is 0 Å². The second-order valence-electron chi connectivity index (χ2n) is 5.43. The first kappa shape index (κ1) is 13.9. The number of nitrogen functional groups attached to an aromatic ring is 1. The molecule has 1 aromatic rings. The third-order valence-electron chi connectivity index (χ3n) is 3.89. The molecule has 3 nitrogen and oxygen atoms in total. The molecule has 1 saturated carbocycles. The maximum atomic E-state index is 6.03. The fourth-order valence-electron chi connectivity index (χ4n) is 2.47. The first-order valence-electron chi connectivity index (χ1n) is 6.38. The Morgan fingerprint density at radius 3 is 2.78 bits per heavy atom. The molecule has 0 bridgehead atoms. The number of benzene rings is 1. The quantitative estimate of drug-likeness (QED) is 0.638. The van der Waals surface area contributed by atoms with Crippen molar-refractivity contribution in [1.29, 1.82) is 0 Å². The Bertz CT molecular complexity index is 434. The van der Waals surface area contributed by atoms with Crippen LogP contribution in [-0.4, -0.2) is 18.8 Å². The van der Waals surface area contributed by atoms with E-state index >= 15 is 0 Å². The van der Waals surface area contributed by atoms with E-state index < -0.39 is 0 Å². The summed E-state index contributed by atoms with van der Waals surface area (Å²) in [7, 11) is 0. The molecular formula is C14H21IN2O. The van der Waals surface area contributed by atoms with Crippen LogP contribution in [0.1, 0.15) is 27.2 Å². The molecule has 1 aliphatic rings. The number of nitrogens with two attached hydrogens (primary N) is 1. The lowest BCUT2D eigenvalue weighted by atomic mass is 9.64. The fraction of sp³-hybridized carbons (Fsp3) is 0.571. The molecule has 0 aromatic heterocycles. The molecule has 0 heterocycles. The van der Waals surface area contributed by atoms with Crippen molar-refractivity contribution < 1.29 is 4.74 Å². The molecule has 2 unspecified atom stereocenters. The number of halogens is 1. The van der Waals surface area contributed by atoms with E-state index in [-0.39, 0.29) is 5.41 Å². The zero-order valence-electron chi connectivity index (χ0n) is 11.2. The number of anilines is 2. The first-order valence-corrected chi connectivity index (χ1v) is 7.46. The number of ether oxygens (including phenoxy) is 1. The van der Waals surface area contributed by atoms with Gasteiger partial charge in [0.25, 0.3) is 0 Å². The van der Waals surface area contributed by atoms with E-state index in [4.69, 9.17) is 10.5 Å². The molecule has 1 aliphatic carbocycles. The number of hydrogen-bond donors (Lipinski definition) is 2. The van der Waals surface area contributed by atoms with Gasteiger partial charge in [-0.25, -0.2) is 0 Å². The Morgan fingerprint density at radius 1 is 1.50 bits per heavy atom. The van der Waals surface area contributed by atoms with E-state index in [9.17, 15) is 0 Å². The van der Waals surface area contributed by atoms with Gasteiger partial charge < -0.3 is 15.8 Å². The van der Waals surface area contributed by atoms with Crippen LogP contribution in [-0.2, 0) is 4.74 Å². The zero-order chi connectivity index (χ0) is 13.3. The van der Waals surface area contributed by atoms with E-state index in [1.165, 1.54) is 0 Å². The summed E-state index contributed by atoms with van der Waals surface area (Å²) in [6, 6.07) is 6.55. The van der Waals surface area contributed by atoms with Crippen LogP contribution in [0.2, 0.25) is 0 Å². The zero-order valence-corrected chi connectivity index (χ0v) is 13.3. The van der Waals surface area contributed by atoms with Crippen molar-refractivity contribution in [2.24, 2.45) is 5.41 Å². The van der Waals surface area contributed by atoms with Gasteiger partial charge in [-0.05, 0) is 54.1 Å². The molecule has 2 atom stereocenters. The summed E-state index contributed by atoms with van der Waals surface area (Å²) in [5.41, 5.74) is 8.04.